The number of carbonyl (C=O) groups excluding carboxylic acids is 1. The van der Waals surface area contributed by atoms with Crippen LogP contribution in [0.1, 0.15) is 28.8 Å². The maximum Gasteiger partial charge on any atom is 0.282 e. The summed E-state index contributed by atoms with van der Waals surface area (Å²) in [5, 5.41) is 7.76. The maximum atomic E-state index is 13.0. The highest BCUT2D eigenvalue weighted by Gasteiger charge is 2.27. The molecule has 1 aromatic carbocycles. The van der Waals surface area contributed by atoms with Gasteiger partial charge in [0.1, 0.15) is 11.2 Å². The van der Waals surface area contributed by atoms with Crippen LogP contribution >= 0.6 is 27.3 Å². The van der Waals surface area contributed by atoms with Crippen molar-refractivity contribution in [2.75, 3.05) is 5.32 Å². The van der Waals surface area contributed by atoms with Crippen LogP contribution in [0.3, 0.4) is 0 Å². The summed E-state index contributed by atoms with van der Waals surface area (Å²) in [5.41, 5.74) is 2.48. The van der Waals surface area contributed by atoms with Crippen LogP contribution in [0, 0.1) is 0 Å². The summed E-state index contributed by atoms with van der Waals surface area (Å²) in [7, 11) is 0. The van der Waals surface area contributed by atoms with Gasteiger partial charge in [0.05, 0.1) is 11.1 Å². The van der Waals surface area contributed by atoms with Gasteiger partial charge < -0.3 is 5.32 Å². The van der Waals surface area contributed by atoms with Crippen LogP contribution in [0.5, 0.6) is 0 Å². The molecule has 26 heavy (non-hydrogen) atoms. The topological polar surface area (TPSA) is 76.3 Å². The average molecular weight is 429 g/mol. The fourth-order valence-corrected chi connectivity index (χ4v) is 5.12. The largest absolute Gasteiger partial charge is 0.320 e. The van der Waals surface area contributed by atoms with Crippen molar-refractivity contribution in [3.8, 4) is 0 Å². The molecule has 0 saturated carbocycles. The number of nitrogens with zero attached hydrogens (tertiary/aromatic N) is 3. The lowest BCUT2D eigenvalue weighted by Gasteiger charge is -2.09. The molecule has 3 aromatic rings. The highest BCUT2D eigenvalue weighted by molar-refractivity contribution is 9.10. The lowest BCUT2D eigenvalue weighted by atomic mass is 9.97. The number of hydrogen-bond donors (Lipinski definition) is 1. The SMILES string of the molecule is O=C1Nc2ccc(Br)cc2C1=Nn1cnc2sc3c(c2c1=O)CCCC3. The number of fused-ring (bicyclic) bond motifs is 4. The van der Waals surface area contributed by atoms with Crippen LogP contribution in [0.2, 0.25) is 0 Å². The first kappa shape index (κ1) is 15.9. The van der Waals surface area contributed by atoms with Crippen LogP contribution in [0.4, 0.5) is 5.69 Å². The van der Waals surface area contributed by atoms with Gasteiger partial charge >= 0.3 is 0 Å². The molecule has 1 aliphatic carbocycles. The molecule has 2 aliphatic rings. The Balaban J connectivity index is 1.70. The van der Waals surface area contributed by atoms with Gasteiger partial charge in [-0.05, 0) is 49.4 Å². The Morgan fingerprint density at radius 1 is 1.23 bits per heavy atom. The smallest absolute Gasteiger partial charge is 0.282 e. The minimum atomic E-state index is -0.322. The standard InChI is InChI=1S/C18H13BrN4O2S/c19-9-5-6-12-11(7-9)15(16(24)21-12)22-23-8-20-17-14(18(23)25)10-3-1-2-4-13(10)26-17/h5-8H,1-4H2,(H,21,22,24). The van der Waals surface area contributed by atoms with Crippen molar-refractivity contribution in [1.29, 1.82) is 0 Å². The first-order chi connectivity index (χ1) is 12.6. The van der Waals surface area contributed by atoms with E-state index < -0.39 is 0 Å². The lowest BCUT2D eigenvalue weighted by molar-refractivity contribution is -0.110. The molecule has 2 aromatic heterocycles. The summed E-state index contributed by atoms with van der Waals surface area (Å²) in [6.45, 7) is 0. The zero-order valence-corrected chi connectivity index (χ0v) is 16.0. The average Bonchev–Trinajstić information content (AvgIpc) is 3.15. The number of rotatable bonds is 1. The molecule has 0 radical (unpaired) electrons. The number of carbonyl (C=O) groups is 1. The maximum absolute atomic E-state index is 13.0. The van der Waals surface area contributed by atoms with Crippen LogP contribution in [-0.2, 0) is 17.6 Å². The zero-order valence-electron chi connectivity index (χ0n) is 13.6. The van der Waals surface area contributed by atoms with Crippen molar-refractivity contribution in [2.45, 2.75) is 25.7 Å². The summed E-state index contributed by atoms with van der Waals surface area (Å²) in [4.78, 5) is 31.8. The summed E-state index contributed by atoms with van der Waals surface area (Å²) >= 11 is 5.01. The molecule has 6 nitrogen and oxygen atoms in total. The summed E-state index contributed by atoms with van der Waals surface area (Å²) in [6.07, 6.45) is 5.56. The van der Waals surface area contributed by atoms with Crippen molar-refractivity contribution in [3.05, 3.63) is 55.4 Å². The Labute approximate surface area is 160 Å². The Kier molecular flexibility index (Phi) is 3.58. The molecule has 8 heteroatoms. The van der Waals surface area contributed by atoms with Gasteiger partial charge in [-0.1, -0.05) is 15.9 Å². The zero-order chi connectivity index (χ0) is 17.8. The molecule has 1 N–H and O–H groups in total. The highest BCUT2D eigenvalue weighted by atomic mass is 79.9. The number of hydrogen-bond acceptors (Lipinski definition) is 5. The fourth-order valence-electron chi connectivity index (χ4n) is 3.54. The van der Waals surface area contributed by atoms with Gasteiger partial charge in [-0.25, -0.2) is 4.98 Å². The molecular formula is C18H13BrN4O2S. The van der Waals surface area contributed by atoms with E-state index in [1.165, 1.54) is 15.9 Å². The number of halogens is 1. The number of aromatic nitrogens is 2. The van der Waals surface area contributed by atoms with Crippen molar-refractivity contribution < 1.29 is 4.79 Å². The van der Waals surface area contributed by atoms with E-state index in [4.69, 9.17) is 0 Å². The number of thiophene rings is 1. The van der Waals surface area contributed by atoms with E-state index in [0.29, 0.717) is 16.6 Å². The Morgan fingerprint density at radius 2 is 2.08 bits per heavy atom. The summed E-state index contributed by atoms with van der Waals surface area (Å²) < 4.78 is 2.03. The minimum Gasteiger partial charge on any atom is -0.320 e. The minimum absolute atomic E-state index is 0.210. The van der Waals surface area contributed by atoms with E-state index >= 15 is 0 Å². The molecule has 0 fully saturated rings. The molecule has 0 saturated heterocycles. The summed E-state index contributed by atoms with van der Waals surface area (Å²) in [6, 6.07) is 5.47. The molecule has 1 aliphatic heterocycles. The van der Waals surface area contributed by atoms with Crippen LogP contribution < -0.4 is 10.9 Å². The van der Waals surface area contributed by atoms with Gasteiger partial charge in [-0.3, -0.25) is 9.59 Å². The van der Waals surface area contributed by atoms with E-state index in [9.17, 15) is 9.59 Å². The van der Waals surface area contributed by atoms with E-state index in [2.05, 4.69) is 31.3 Å². The summed E-state index contributed by atoms with van der Waals surface area (Å²) in [5.74, 6) is -0.322. The molecule has 130 valence electrons. The van der Waals surface area contributed by atoms with Crippen LogP contribution in [0.15, 0.2) is 38.9 Å². The number of nitrogens with one attached hydrogen (secondary N) is 1. The van der Waals surface area contributed by atoms with Gasteiger partial charge in [-0.15, -0.1) is 11.3 Å². The first-order valence-corrected chi connectivity index (χ1v) is 9.95. The second-order valence-electron chi connectivity index (χ2n) is 6.38. The molecule has 0 unspecified atom stereocenters. The molecule has 5 rings (SSSR count). The molecule has 0 spiro atoms. The van der Waals surface area contributed by atoms with Gasteiger partial charge in [0, 0.05) is 14.9 Å². The Morgan fingerprint density at radius 3 is 2.96 bits per heavy atom. The normalized spacial score (nSPS) is 17.4. The van der Waals surface area contributed by atoms with E-state index in [1.54, 1.807) is 17.4 Å². The third-order valence-electron chi connectivity index (χ3n) is 4.77. The lowest BCUT2D eigenvalue weighted by Crippen LogP contribution is -2.22. The van der Waals surface area contributed by atoms with E-state index in [0.717, 1.165) is 40.5 Å². The van der Waals surface area contributed by atoms with Gasteiger partial charge in [-0.2, -0.15) is 9.78 Å². The van der Waals surface area contributed by atoms with Crippen molar-refractivity contribution in [3.63, 3.8) is 0 Å². The third-order valence-corrected chi connectivity index (χ3v) is 6.46. The monoisotopic (exact) mass is 428 g/mol. The van der Waals surface area contributed by atoms with Crippen LogP contribution in [0.25, 0.3) is 10.2 Å². The predicted octanol–water partition coefficient (Wildman–Crippen LogP) is 3.30. The number of amides is 1. The molecule has 0 atom stereocenters. The van der Waals surface area contributed by atoms with Crippen molar-refractivity contribution in [2.24, 2.45) is 5.10 Å². The van der Waals surface area contributed by atoms with Crippen molar-refractivity contribution >= 4 is 54.8 Å². The quantitative estimate of drug-likeness (QED) is 0.645. The second-order valence-corrected chi connectivity index (χ2v) is 8.38. The first-order valence-electron chi connectivity index (χ1n) is 8.34. The van der Waals surface area contributed by atoms with Gasteiger partial charge in [0.25, 0.3) is 11.5 Å². The highest BCUT2D eigenvalue weighted by Crippen LogP contribution is 2.33. The van der Waals surface area contributed by atoms with Crippen LogP contribution in [-0.4, -0.2) is 21.3 Å². The van der Waals surface area contributed by atoms with E-state index in [1.807, 2.05) is 12.1 Å². The number of aryl methyl sites for hydroxylation is 2. The van der Waals surface area contributed by atoms with E-state index in [-0.39, 0.29) is 17.2 Å². The number of anilines is 1. The Bertz CT molecular complexity index is 1180. The second kappa shape index (κ2) is 5.85. The Hall–Kier alpha value is -2.32. The molecule has 3 heterocycles. The molecular weight excluding hydrogens is 416 g/mol. The molecule has 0 bridgehead atoms. The third kappa shape index (κ3) is 2.36. The van der Waals surface area contributed by atoms with Gasteiger partial charge in [0.2, 0.25) is 0 Å². The van der Waals surface area contributed by atoms with Gasteiger partial charge in [0.15, 0.2) is 5.71 Å². The number of benzene rings is 1. The predicted molar refractivity (Wildman–Crippen MR) is 105 cm³/mol. The molecule has 1 amide bonds. The fraction of sp³-hybridized carbons (Fsp3) is 0.222. The van der Waals surface area contributed by atoms with Crippen molar-refractivity contribution in [1.82, 2.24) is 9.66 Å².